The number of nitrogens with zero attached hydrogens (tertiary/aromatic N) is 1. The molecule has 0 radical (unpaired) electrons. The second-order valence-corrected chi connectivity index (χ2v) is 6.44. The van der Waals surface area contributed by atoms with Gasteiger partial charge >= 0.3 is 5.97 Å². The molecule has 1 atom stereocenters. The van der Waals surface area contributed by atoms with Gasteiger partial charge in [0.25, 0.3) is 0 Å². The monoisotopic (exact) mass is 319 g/mol. The van der Waals surface area contributed by atoms with Crippen LogP contribution in [0, 0.1) is 6.92 Å². The second kappa shape index (κ2) is 6.92. The minimum atomic E-state index is -0.260. The number of hydrogen-bond donors (Lipinski definition) is 0. The molecule has 0 saturated heterocycles. The zero-order chi connectivity index (χ0) is 16.3. The normalized spacial score (nSPS) is 12.2. The molecule has 0 spiro atoms. The lowest BCUT2D eigenvalue weighted by molar-refractivity contribution is -0.145. The predicted octanol–water partition coefficient (Wildman–Crippen LogP) is 3.51. The van der Waals surface area contributed by atoms with Gasteiger partial charge in [0, 0.05) is 19.7 Å². The Morgan fingerprint density at radius 1 is 1.41 bits per heavy atom. The molecule has 2 rings (SSSR count). The highest BCUT2D eigenvalue weighted by molar-refractivity contribution is 7.12. The van der Waals surface area contributed by atoms with E-state index in [-0.39, 0.29) is 17.9 Å². The topological polar surface area (TPSA) is 48.3 Å². The molecule has 0 aliphatic heterocycles. The van der Waals surface area contributed by atoms with E-state index in [4.69, 9.17) is 4.74 Å². The largest absolute Gasteiger partial charge is 0.463 e. The number of carbonyl (C=O) groups excluding carboxylic acids is 2. The van der Waals surface area contributed by atoms with Crippen molar-refractivity contribution in [3.05, 3.63) is 45.4 Å². The van der Waals surface area contributed by atoms with E-state index in [1.807, 2.05) is 49.0 Å². The summed E-state index contributed by atoms with van der Waals surface area (Å²) in [4.78, 5) is 24.3. The maximum absolute atomic E-state index is 12.6. The molecule has 0 bridgehead atoms. The number of aromatic nitrogens is 1. The van der Waals surface area contributed by atoms with E-state index >= 15 is 0 Å². The molecule has 1 unspecified atom stereocenters. The number of ketones is 1. The molecule has 0 aliphatic rings. The van der Waals surface area contributed by atoms with Gasteiger partial charge in [-0.25, -0.2) is 0 Å². The van der Waals surface area contributed by atoms with Crippen molar-refractivity contribution in [3.63, 3.8) is 0 Å². The van der Waals surface area contributed by atoms with Crippen LogP contribution in [0.15, 0.2) is 23.6 Å². The van der Waals surface area contributed by atoms with Gasteiger partial charge in [-0.2, -0.15) is 0 Å². The van der Waals surface area contributed by atoms with E-state index < -0.39 is 0 Å². The summed E-state index contributed by atoms with van der Waals surface area (Å²) in [6, 6.07) is 5.78. The fourth-order valence-electron chi connectivity index (χ4n) is 2.61. The number of rotatable bonds is 6. The number of esters is 1. The lowest BCUT2D eigenvalue weighted by Crippen LogP contribution is -2.14. The minimum absolute atomic E-state index is 0.0642. The summed E-state index contributed by atoms with van der Waals surface area (Å²) < 4.78 is 7.10. The number of hydrogen-bond acceptors (Lipinski definition) is 4. The van der Waals surface area contributed by atoms with Crippen LogP contribution in [0.4, 0.5) is 0 Å². The molecule has 0 fully saturated rings. The average molecular weight is 319 g/mol. The fourth-order valence-corrected chi connectivity index (χ4v) is 3.28. The van der Waals surface area contributed by atoms with Crippen molar-refractivity contribution in [2.45, 2.75) is 39.7 Å². The van der Waals surface area contributed by atoms with Crippen molar-refractivity contribution in [3.8, 4) is 0 Å². The van der Waals surface area contributed by atoms with Crippen LogP contribution in [0.1, 0.15) is 46.9 Å². The standard InChI is InChI=1S/C17H21NO3S/c1-11-10-14(8-7-12(2)21-13(3)19)18(4)16(11)17(20)15-6-5-9-22-15/h5-6,9-10,12H,7-8H2,1-4H3. The first-order chi connectivity index (χ1) is 10.4. The molecule has 2 aromatic rings. The lowest BCUT2D eigenvalue weighted by atomic mass is 10.1. The number of aryl methyl sites for hydroxylation is 2. The summed E-state index contributed by atoms with van der Waals surface area (Å²) in [7, 11) is 1.92. The van der Waals surface area contributed by atoms with Gasteiger partial charge in [-0.3, -0.25) is 9.59 Å². The van der Waals surface area contributed by atoms with Gasteiger partial charge in [0.1, 0.15) is 0 Å². The molecule has 2 aromatic heterocycles. The zero-order valence-electron chi connectivity index (χ0n) is 13.4. The summed E-state index contributed by atoms with van der Waals surface area (Å²) in [5.41, 5.74) is 2.80. The molecular weight excluding hydrogens is 298 g/mol. The van der Waals surface area contributed by atoms with Gasteiger partial charge in [0.2, 0.25) is 5.78 Å². The first-order valence-corrected chi connectivity index (χ1v) is 8.18. The molecule has 0 aliphatic carbocycles. The third-order valence-corrected chi connectivity index (χ3v) is 4.53. The summed E-state index contributed by atoms with van der Waals surface area (Å²) in [6.07, 6.45) is 1.39. The Labute approximate surface area is 134 Å². The molecular formula is C17H21NO3S. The van der Waals surface area contributed by atoms with Crippen LogP contribution in [-0.2, 0) is 23.0 Å². The Morgan fingerprint density at radius 2 is 2.14 bits per heavy atom. The summed E-state index contributed by atoms with van der Waals surface area (Å²) in [6.45, 7) is 5.26. The van der Waals surface area contributed by atoms with Crippen molar-refractivity contribution in [1.29, 1.82) is 0 Å². The lowest BCUT2D eigenvalue weighted by Gasteiger charge is -2.12. The van der Waals surface area contributed by atoms with Gasteiger partial charge in [-0.05, 0) is 49.8 Å². The Balaban J connectivity index is 2.14. The van der Waals surface area contributed by atoms with E-state index in [0.29, 0.717) is 0 Å². The van der Waals surface area contributed by atoms with Crippen molar-refractivity contribution >= 4 is 23.1 Å². The third-order valence-electron chi connectivity index (χ3n) is 3.66. The molecule has 2 heterocycles. The highest BCUT2D eigenvalue weighted by Gasteiger charge is 2.19. The summed E-state index contributed by atoms with van der Waals surface area (Å²) >= 11 is 1.46. The summed E-state index contributed by atoms with van der Waals surface area (Å²) in [5.74, 6) is -0.196. The Kier molecular flexibility index (Phi) is 5.19. The molecule has 0 saturated carbocycles. The molecule has 0 amide bonds. The van der Waals surface area contributed by atoms with Gasteiger partial charge in [0.15, 0.2) is 0 Å². The zero-order valence-corrected chi connectivity index (χ0v) is 14.2. The maximum Gasteiger partial charge on any atom is 0.302 e. The summed E-state index contributed by atoms with van der Waals surface area (Å²) in [5, 5.41) is 1.91. The molecule has 0 N–H and O–H groups in total. The van der Waals surface area contributed by atoms with E-state index in [1.54, 1.807) is 0 Å². The van der Waals surface area contributed by atoms with Crippen molar-refractivity contribution in [1.82, 2.24) is 4.57 Å². The quantitative estimate of drug-likeness (QED) is 0.605. The number of ether oxygens (including phenoxy) is 1. The molecule has 22 heavy (non-hydrogen) atoms. The highest BCUT2D eigenvalue weighted by atomic mass is 32.1. The fraction of sp³-hybridized carbons (Fsp3) is 0.412. The Morgan fingerprint density at radius 3 is 2.73 bits per heavy atom. The van der Waals surface area contributed by atoms with Crippen LogP contribution >= 0.6 is 11.3 Å². The van der Waals surface area contributed by atoms with E-state index in [0.717, 1.165) is 34.7 Å². The maximum atomic E-state index is 12.6. The van der Waals surface area contributed by atoms with E-state index in [1.165, 1.54) is 18.3 Å². The molecule has 0 aromatic carbocycles. The molecule has 4 nitrogen and oxygen atoms in total. The number of carbonyl (C=O) groups is 2. The van der Waals surface area contributed by atoms with E-state index in [9.17, 15) is 9.59 Å². The Bertz CT molecular complexity index is 670. The first kappa shape index (κ1) is 16.5. The average Bonchev–Trinajstić information content (AvgIpc) is 3.04. The van der Waals surface area contributed by atoms with Crippen LogP contribution in [0.3, 0.4) is 0 Å². The van der Waals surface area contributed by atoms with Gasteiger partial charge in [-0.1, -0.05) is 6.07 Å². The van der Waals surface area contributed by atoms with Crippen LogP contribution in [0.2, 0.25) is 0 Å². The molecule has 118 valence electrons. The van der Waals surface area contributed by atoms with Crippen LogP contribution in [-0.4, -0.2) is 22.4 Å². The van der Waals surface area contributed by atoms with Gasteiger partial charge in [0.05, 0.1) is 16.7 Å². The highest BCUT2D eigenvalue weighted by Crippen LogP contribution is 2.22. The second-order valence-electron chi connectivity index (χ2n) is 5.49. The number of thiophene rings is 1. The third kappa shape index (κ3) is 3.65. The van der Waals surface area contributed by atoms with Crippen LogP contribution in [0.5, 0.6) is 0 Å². The predicted molar refractivity (Wildman–Crippen MR) is 87.5 cm³/mol. The molecule has 5 heteroatoms. The Hall–Kier alpha value is -1.88. The van der Waals surface area contributed by atoms with Gasteiger partial charge < -0.3 is 9.30 Å². The van der Waals surface area contributed by atoms with Crippen molar-refractivity contribution < 1.29 is 14.3 Å². The van der Waals surface area contributed by atoms with Crippen molar-refractivity contribution in [2.24, 2.45) is 7.05 Å². The first-order valence-electron chi connectivity index (χ1n) is 7.30. The smallest absolute Gasteiger partial charge is 0.302 e. The van der Waals surface area contributed by atoms with Crippen LogP contribution in [0.25, 0.3) is 0 Å². The van der Waals surface area contributed by atoms with Crippen molar-refractivity contribution in [2.75, 3.05) is 0 Å². The van der Waals surface area contributed by atoms with Crippen LogP contribution < -0.4 is 0 Å². The van der Waals surface area contributed by atoms with Gasteiger partial charge in [-0.15, -0.1) is 11.3 Å². The minimum Gasteiger partial charge on any atom is -0.463 e. The SMILES string of the molecule is CC(=O)OC(C)CCc1cc(C)c(C(=O)c2cccs2)n1C. The van der Waals surface area contributed by atoms with E-state index in [2.05, 4.69) is 0 Å².